The summed E-state index contributed by atoms with van der Waals surface area (Å²) in [4.78, 5) is 4.49. The molecule has 1 saturated heterocycles. The van der Waals surface area contributed by atoms with Crippen LogP contribution in [0.1, 0.15) is 58.1 Å². The van der Waals surface area contributed by atoms with Gasteiger partial charge in [-0.25, -0.2) is 0 Å². The lowest BCUT2D eigenvalue weighted by Gasteiger charge is -2.32. The van der Waals surface area contributed by atoms with E-state index in [-0.39, 0.29) is 6.10 Å². The van der Waals surface area contributed by atoms with E-state index in [4.69, 9.17) is 9.05 Å². The van der Waals surface area contributed by atoms with Crippen molar-refractivity contribution in [1.82, 2.24) is 10.3 Å². The van der Waals surface area contributed by atoms with Crippen LogP contribution in [0, 0.1) is 5.92 Å². The van der Waals surface area contributed by atoms with Crippen molar-refractivity contribution in [2.24, 2.45) is 5.92 Å². The Hall–Kier alpha value is -1.52. The van der Waals surface area contributed by atoms with Crippen LogP contribution in [0.4, 0.5) is 0 Å². The largest absolute Gasteiger partial charge is 0.361 e. The van der Waals surface area contributed by atoms with E-state index in [1.807, 2.05) is 55.6 Å². The Morgan fingerprint density at radius 2 is 1.87 bits per heavy atom. The number of benzene rings is 1. The standard InChI is InChI=1S/C24H35N2O3P/c1-19(2)14-16-28-30(27,23-9-5-4-6-10-23)29-20(3)17-22-13-12-21(18-26-22)24-11-7-8-15-25-24/h4-11,15,19-22,26H,12-14,16-18H2,1-3H3. The second kappa shape index (κ2) is 11.2. The Bertz CT molecular complexity index is 793. The maximum Gasteiger partial charge on any atom is 0.361 e. The van der Waals surface area contributed by atoms with Gasteiger partial charge in [0.15, 0.2) is 0 Å². The summed E-state index contributed by atoms with van der Waals surface area (Å²) in [5.74, 6) is 0.943. The molecular formula is C24H35N2O3P. The summed E-state index contributed by atoms with van der Waals surface area (Å²) < 4.78 is 25.6. The molecule has 3 rings (SSSR count). The lowest BCUT2D eigenvalue weighted by atomic mass is 9.90. The third-order valence-electron chi connectivity index (χ3n) is 5.59. The molecule has 1 aliphatic heterocycles. The van der Waals surface area contributed by atoms with Crippen LogP contribution in [-0.2, 0) is 13.6 Å². The molecule has 1 N–H and O–H groups in total. The molecule has 2 aromatic rings. The molecule has 4 unspecified atom stereocenters. The molecule has 0 spiro atoms. The van der Waals surface area contributed by atoms with E-state index in [2.05, 4.69) is 30.2 Å². The van der Waals surface area contributed by atoms with Crippen LogP contribution in [0.25, 0.3) is 0 Å². The van der Waals surface area contributed by atoms with Crippen molar-refractivity contribution in [1.29, 1.82) is 0 Å². The fourth-order valence-corrected chi connectivity index (χ4v) is 5.63. The molecule has 164 valence electrons. The monoisotopic (exact) mass is 430 g/mol. The molecule has 1 aliphatic rings. The van der Waals surface area contributed by atoms with E-state index in [0.717, 1.165) is 37.9 Å². The van der Waals surface area contributed by atoms with Gasteiger partial charge in [-0.3, -0.25) is 9.55 Å². The van der Waals surface area contributed by atoms with Crippen molar-refractivity contribution in [2.45, 2.75) is 64.5 Å². The van der Waals surface area contributed by atoms with Crippen LogP contribution in [0.3, 0.4) is 0 Å². The molecule has 0 aliphatic carbocycles. The van der Waals surface area contributed by atoms with Gasteiger partial charge in [0.05, 0.1) is 18.0 Å². The van der Waals surface area contributed by atoms with Crippen LogP contribution in [0.15, 0.2) is 54.7 Å². The minimum absolute atomic E-state index is 0.168. The van der Waals surface area contributed by atoms with E-state index in [1.54, 1.807) is 0 Å². The highest BCUT2D eigenvalue weighted by Crippen LogP contribution is 2.49. The highest BCUT2D eigenvalue weighted by molar-refractivity contribution is 7.62. The average Bonchev–Trinajstić information content (AvgIpc) is 2.75. The van der Waals surface area contributed by atoms with E-state index in [0.29, 0.717) is 29.8 Å². The van der Waals surface area contributed by atoms with E-state index in [1.165, 1.54) is 0 Å². The van der Waals surface area contributed by atoms with Crippen LogP contribution >= 0.6 is 7.60 Å². The van der Waals surface area contributed by atoms with Crippen molar-refractivity contribution in [3.63, 3.8) is 0 Å². The van der Waals surface area contributed by atoms with Crippen LogP contribution < -0.4 is 10.6 Å². The highest BCUT2D eigenvalue weighted by Gasteiger charge is 2.32. The minimum Gasteiger partial charge on any atom is -0.313 e. The van der Waals surface area contributed by atoms with Gasteiger partial charge >= 0.3 is 7.60 Å². The first-order valence-electron chi connectivity index (χ1n) is 11.1. The Morgan fingerprint density at radius 1 is 1.10 bits per heavy atom. The van der Waals surface area contributed by atoms with Gasteiger partial charge in [-0.2, -0.15) is 0 Å². The zero-order valence-corrected chi connectivity index (χ0v) is 19.3. The van der Waals surface area contributed by atoms with Crippen LogP contribution in [-0.4, -0.2) is 30.3 Å². The number of pyridine rings is 1. The van der Waals surface area contributed by atoms with Gasteiger partial charge in [-0.15, -0.1) is 0 Å². The second-order valence-corrected chi connectivity index (χ2v) is 10.6. The summed E-state index contributed by atoms with van der Waals surface area (Å²) in [6.45, 7) is 7.61. The molecular weight excluding hydrogens is 395 g/mol. The van der Waals surface area contributed by atoms with E-state index >= 15 is 0 Å². The van der Waals surface area contributed by atoms with Crippen molar-refractivity contribution < 1.29 is 13.6 Å². The molecule has 4 atom stereocenters. The first-order chi connectivity index (χ1) is 14.5. The Labute approximate surface area is 181 Å². The summed E-state index contributed by atoms with van der Waals surface area (Å²) in [5.41, 5.74) is 1.15. The quantitative estimate of drug-likeness (QED) is 0.519. The molecule has 0 saturated carbocycles. The normalized spacial score (nSPS) is 22.5. The Balaban J connectivity index is 1.55. The number of nitrogens with zero attached hydrogens (tertiary/aromatic N) is 1. The molecule has 0 amide bonds. The molecule has 0 radical (unpaired) electrons. The van der Waals surface area contributed by atoms with Crippen LogP contribution in [0.5, 0.6) is 0 Å². The van der Waals surface area contributed by atoms with Crippen molar-refractivity contribution in [2.75, 3.05) is 13.2 Å². The van der Waals surface area contributed by atoms with Gasteiger partial charge in [0.25, 0.3) is 0 Å². The zero-order valence-electron chi connectivity index (χ0n) is 18.4. The minimum atomic E-state index is -3.35. The first-order valence-corrected chi connectivity index (χ1v) is 12.6. The second-order valence-electron chi connectivity index (χ2n) is 8.63. The molecule has 0 bridgehead atoms. The molecule has 30 heavy (non-hydrogen) atoms. The number of piperidine rings is 1. The number of hydrogen-bond donors (Lipinski definition) is 1. The molecule has 5 nitrogen and oxygen atoms in total. The maximum absolute atomic E-state index is 13.6. The summed E-state index contributed by atoms with van der Waals surface area (Å²) in [6, 6.07) is 15.8. The smallest absolute Gasteiger partial charge is 0.313 e. The van der Waals surface area contributed by atoms with Gasteiger partial charge in [-0.1, -0.05) is 38.1 Å². The van der Waals surface area contributed by atoms with Gasteiger partial charge in [-0.05, 0) is 62.8 Å². The Kier molecular flexibility index (Phi) is 8.64. The fourth-order valence-electron chi connectivity index (χ4n) is 3.85. The fraction of sp³-hybridized carbons (Fsp3) is 0.542. The number of hydrogen-bond acceptors (Lipinski definition) is 5. The van der Waals surface area contributed by atoms with Crippen molar-refractivity contribution in [3.05, 3.63) is 60.4 Å². The van der Waals surface area contributed by atoms with Crippen LogP contribution in [0.2, 0.25) is 0 Å². The SMILES string of the molecule is CC(C)CCOP(=O)(OC(C)CC1CCC(c2ccccn2)CN1)c1ccccc1. The molecule has 1 aromatic heterocycles. The first kappa shape index (κ1) is 23.1. The summed E-state index contributed by atoms with van der Waals surface area (Å²) >= 11 is 0. The Morgan fingerprint density at radius 3 is 2.50 bits per heavy atom. The number of nitrogens with one attached hydrogen (secondary N) is 1. The van der Waals surface area contributed by atoms with Gasteiger partial charge in [0, 0.05) is 30.4 Å². The third kappa shape index (κ3) is 6.75. The average molecular weight is 431 g/mol. The summed E-state index contributed by atoms with van der Waals surface area (Å²) in [6.07, 6.45) is 5.51. The van der Waals surface area contributed by atoms with Gasteiger partial charge < -0.3 is 14.4 Å². The van der Waals surface area contributed by atoms with E-state index < -0.39 is 7.60 Å². The predicted molar refractivity (Wildman–Crippen MR) is 122 cm³/mol. The van der Waals surface area contributed by atoms with Crippen molar-refractivity contribution >= 4 is 12.9 Å². The van der Waals surface area contributed by atoms with Gasteiger partial charge in [0.2, 0.25) is 0 Å². The van der Waals surface area contributed by atoms with Crippen molar-refractivity contribution in [3.8, 4) is 0 Å². The molecule has 1 fully saturated rings. The third-order valence-corrected chi connectivity index (χ3v) is 7.68. The lowest BCUT2D eigenvalue weighted by molar-refractivity contribution is 0.140. The summed E-state index contributed by atoms with van der Waals surface area (Å²) in [7, 11) is -3.35. The topological polar surface area (TPSA) is 60.5 Å². The number of rotatable bonds is 10. The molecule has 1 aromatic carbocycles. The zero-order chi connectivity index (χ0) is 21.4. The maximum atomic E-state index is 13.6. The highest BCUT2D eigenvalue weighted by atomic mass is 31.2. The lowest BCUT2D eigenvalue weighted by Crippen LogP contribution is -2.40. The predicted octanol–water partition coefficient (Wildman–Crippen LogP) is 5.29. The molecule has 6 heteroatoms. The summed E-state index contributed by atoms with van der Waals surface area (Å²) in [5, 5.41) is 4.26. The number of aromatic nitrogens is 1. The van der Waals surface area contributed by atoms with E-state index in [9.17, 15) is 4.57 Å². The molecule has 2 heterocycles. The van der Waals surface area contributed by atoms with Gasteiger partial charge in [0.1, 0.15) is 0 Å².